The van der Waals surface area contributed by atoms with Crippen molar-refractivity contribution in [1.29, 1.82) is 0 Å². The lowest BCUT2D eigenvalue weighted by Crippen LogP contribution is -2.38. The first-order valence-electron chi connectivity index (χ1n) is 5.95. The van der Waals surface area contributed by atoms with E-state index in [0.29, 0.717) is 0 Å². The first-order chi connectivity index (χ1) is 8.26. The van der Waals surface area contributed by atoms with Gasteiger partial charge in [0.05, 0.1) is 13.2 Å². The van der Waals surface area contributed by atoms with E-state index in [4.69, 9.17) is 4.74 Å². The highest BCUT2D eigenvalue weighted by atomic mass is 16.5. The van der Waals surface area contributed by atoms with Crippen molar-refractivity contribution in [3.8, 4) is 5.75 Å². The Hall–Kier alpha value is -1.55. The number of hydrogen-bond acceptors (Lipinski definition) is 3. The first kappa shape index (κ1) is 11.9. The molecule has 1 aliphatic rings. The molecule has 0 aromatic heterocycles. The highest BCUT2D eigenvalue weighted by Gasteiger charge is 2.31. The molecule has 1 N–H and O–H groups in total. The Balaban J connectivity index is 2.15. The molecule has 4 nitrogen and oxygen atoms in total. The van der Waals surface area contributed by atoms with Crippen LogP contribution in [-0.2, 0) is 4.79 Å². The van der Waals surface area contributed by atoms with Gasteiger partial charge in [-0.05, 0) is 25.1 Å². The third kappa shape index (κ3) is 2.42. The largest absolute Gasteiger partial charge is 0.497 e. The molecular weight excluding hydrogens is 216 g/mol. The second kappa shape index (κ2) is 5.19. The van der Waals surface area contributed by atoms with Crippen molar-refractivity contribution in [2.75, 3.05) is 25.1 Å². The number of carbonyl (C=O) groups excluding carboxylic acids is 1. The van der Waals surface area contributed by atoms with Gasteiger partial charge in [-0.2, -0.15) is 0 Å². The van der Waals surface area contributed by atoms with Crippen LogP contribution in [0.1, 0.15) is 13.3 Å². The van der Waals surface area contributed by atoms with Crippen LogP contribution >= 0.6 is 0 Å². The van der Waals surface area contributed by atoms with E-state index >= 15 is 0 Å². The zero-order chi connectivity index (χ0) is 12.3. The molecule has 1 unspecified atom stereocenters. The lowest BCUT2D eigenvalue weighted by molar-refractivity contribution is -0.118. The third-order valence-electron chi connectivity index (χ3n) is 3.02. The smallest absolute Gasteiger partial charge is 0.244 e. The number of methoxy groups -OCH3 is 1. The molecule has 92 valence electrons. The van der Waals surface area contributed by atoms with E-state index in [9.17, 15) is 4.79 Å². The van der Waals surface area contributed by atoms with E-state index in [0.717, 1.165) is 30.9 Å². The van der Waals surface area contributed by atoms with Crippen LogP contribution in [0.5, 0.6) is 5.75 Å². The number of anilines is 1. The van der Waals surface area contributed by atoms with E-state index in [-0.39, 0.29) is 11.9 Å². The summed E-state index contributed by atoms with van der Waals surface area (Å²) < 4.78 is 5.17. The molecule has 1 fully saturated rings. The van der Waals surface area contributed by atoms with Crippen LogP contribution < -0.4 is 15.0 Å². The van der Waals surface area contributed by atoms with Gasteiger partial charge in [-0.1, -0.05) is 13.0 Å². The van der Waals surface area contributed by atoms with Crippen LogP contribution in [0.2, 0.25) is 0 Å². The minimum Gasteiger partial charge on any atom is -0.497 e. The second-order valence-electron chi connectivity index (χ2n) is 4.09. The summed E-state index contributed by atoms with van der Waals surface area (Å²) in [5.41, 5.74) is 0.912. The molecule has 0 bridgehead atoms. The molecule has 1 amide bonds. The normalized spacial score (nSPS) is 19.8. The van der Waals surface area contributed by atoms with Gasteiger partial charge in [0.25, 0.3) is 0 Å². The summed E-state index contributed by atoms with van der Waals surface area (Å²) >= 11 is 0. The Labute approximate surface area is 102 Å². The number of amides is 1. The predicted molar refractivity (Wildman–Crippen MR) is 67.4 cm³/mol. The quantitative estimate of drug-likeness (QED) is 0.856. The molecule has 1 saturated heterocycles. The van der Waals surface area contributed by atoms with Crippen molar-refractivity contribution in [1.82, 2.24) is 5.32 Å². The molecule has 1 aromatic rings. The predicted octanol–water partition coefficient (Wildman–Crippen LogP) is 1.41. The zero-order valence-electron chi connectivity index (χ0n) is 10.3. The Morgan fingerprint density at radius 1 is 1.53 bits per heavy atom. The maximum atomic E-state index is 12.1. The monoisotopic (exact) mass is 234 g/mol. The van der Waals surface area contributed by atoms with Crippen LogP contribution in [0.4, 0.5) is 5.69 Å². The Kier molecular flexibility index (Phi) is 3.64. The molecule has 0 saturated carbocycles. The fourth-order valence-electron chi connectivity index (χ4n) is 2.15. The minimum absolute atomic E-state index is 0.0359. The van der Waals surface area contributed by atoms with Crippen molar-refractivity contribution < 1.29 is 9.53 Å². The Morgan fingerprint density at radius 2 is 2.35 bits per heavy atom. The highest BCUT2D eigenvalue weighted by molar-refractivity contribution is 5.99. The number of carbonyl (C=O) groups is 1. The van der Waals surface area contributed by atoms with E-state index in [2.05, 4.69) is 5.32 Å². The number of ether oxygens (including phenoxy) is 1. The standard InChI is InChI=1S/C13H18N2O2/c1-3-14-12-7-8-15(13(12)16)10-5-4-6-11(9-10)17-2/h4-6,9,12,14H,3,7-8H2,1-2H3. The third-order valence-corrected chi connectivity index (χ3v) is 3.02. The van der Waals surface area contributed by atoms with Gasteiger partial charge >= 0.3 is 0 Å². The van der Waals surface area contributed by atoms with Gasteiger partial charge in [0.2, 0.25) is 5.91 Å². The summed E-state index contributed by atoms with van der Waals surface area (Å²) in [6, 6.07) is 7.58. The van der Waals surface area contributed by atoms with Gasteiger partial charge in [-0.3, -0.25) is 4.79 Å². The summed E-state index contributed by atoms with van der Waals surface area (Å²) in [5, 5.41) is 3.20. The van der Waals surface area contributed by atoms with Crippen molar-refractivity contribution in [3.05, 3.63) is 24.3 Å². The molecule has 1 aliphatic heterocycles. The SMILES string of the molecule is CCNC1CCN(c2cccc(OC)c2)C1=O. The molecular formula is C13H18N2O2. The van der Waals surface area contributed by atoms with Crippen molar-refractivity contribution >= 4 is 11.6 Å². The molecule has 0 spiro atoms. The summed E-state index contributed by atoms with van der Waals surface area (Å²) in [6.45, 7) is 3.60. The minimum atomic E-state index is -0.0359. The zero-order valence-corrected chi connectivity index (χ0v) is 10.3. The maximum absolute atomic E-state index is 12.1. The molecule has 1 aromatic carbocycles. The highest BCUT2D eigenvalue weighted by Crippen LogP contribution is 2.25. The average molecular weight is 234 g/mol. The van der Waals surface area contributed by atoms with E-state index in [1.165, 1.54) is 0 Å². The number of nitrogens with one attached hydrogen (secondary N) is 1. The first-order valence-corrected chi connectivity index (χ1v) is 5.95. The molecule has 4 heteroatoms. The van der Waals surface area contributed by atoms with E-state index < -0.39 is 0 Å². The van der Waals surface area contributed by atoms with Crippen LogP contribution in [0.25, 0.3) is 0 Å². The number of nitrogens with zero attached hydrogens (tertiary/aromatic N) is 1. The maximum Gasteiger partial charge on any atom is 0.244 e. The number of benzene rings is 1. The number of likely N-dealkylation sites (N-methyl/N-ethyl adjacent to an activating group) is 1. The van der Waals surface area contributed by atoms with Gasteiger partial charge in [0.1, 0.15) is 5.75 Å². The van der Waals surface area contributed by atoms with Gasteiger partial charge in [-0.25, -0.2) is 0 Å². The molecule has 0 aliphatic carbocycles. The summed E-state index contributed by atoms with van der Waals surface area (Å²) in [4.78, 5) is 13.9. The van der Waals surface area contributed by atoms with Crippen molar-refractivity contribution in [2.45, 2.75) is 19.4 Å². The van der Waals surface area contributed by atoms with Crippen LogP contribution in [0, 0.1) is 0 Å². The lowest BCUT2D eigenvalue weighted by atomic mass is 10.2. The fourth-order valence-corrected chi connectivity index (χ4v) is 2.15. The Bertz CT molecular complexity index is 406. The van der Waals surface area contributed by atoms with Crippen LogP contribution in [0.3, 0.4) is 0 Å². The lowest BCUT2D eigenvalue weighted by Gasteiger charge is -2.17. The molecule has 0 radical (unpaired) electrons. The topological polar surface area (TPSA) is 41.6 Å². The number of hydrogen-bond donors (Lipinski definition) is 1. The van der Waals surface area contributed by atoms with E-state index in [1.54, 1.807) is 7.11 Å². The molecule has 17 heavy (non-hydrogen) atoms. The van der Waals surface area contributed by atoms with Crippen LogP contribution in [0.15, 0.2) is 24.3 Å². The molecule has 2 rings (SSSR count). The average Bonchev–Trinajstić information content (AvgIpc) is 2.72. The number of rotatable bonds is 4. The fraction of sp³-hybridized carbons (Fsp3) is 0.462. The Morgan fingerprint density at radius 3 is 3.06 bits per heavy atom. The summed E-state index contributed by atoms with van der Waals surface area (Å²) in [7, 11) is 1.63. The summed E-state index contributed by atoms with van der Waals surface area (Å²) in [5.74, 6) is 0.933. The molecule has 1 heterocycles. The van der Waals surface area contributed by atoms with Gasteiger partial charge in [0.15, 0.2) is 0 Å². The van der Waals surface area contributed by atoms with E-state index in [1.807, 2.05) is 36.1 Å². The van der Waals surface area contributed by atoms with Gasteiger partial charge < -0.3 is 15.0 Å². The van der Waals surface area contributed by atoms with Gasteiger partial charge in [0, 0.05) is 18.3 Å². The summed E-state index contributed by atoms with van der Waals surface area (Å²) in [6.07, 6.45) is 0.865. The second-order valence-corrected chi connectivity index (χ2v) is 4.09. The molecule has 1 atom stereocenters. The van der Waals surface area contributed by atoms with Crippen molar-refractivity contribution in [3.63, 3.8) is 0 Å². The van der Waals surface area contributed by atoms with Crippen molar-refractivity contribution in [2.24, 2.45) is 0 Å². The van der Waals surface area contributed by atoms with Crippen LogP contribution in [-0.4, -0.2) is 32.1 Å². The van der Waals surface area contributed by atoms with Gasteiger partial charge in [-0.15, -0.1) is 0 Å².